The molecule has 5 rings (SSSR count). The maximum absolute atomic E-state index is 5.79. The van der Waals surface area contributed by atoms with Crippen molar-refractivity contribution < 1.29 is 14.2 Å². The topological polar surface area (TPSA) is 84.5 Å². The number of pyridine rings is 1. The van der Waals surface area contributed by atoms with Crippen molar-refractivity contribution in [1.29, 1.82) is 0 Å². The van der Waals surface area contributed by atoms with Crippen LogP contribution in [0.15, 0.2) is 24.3 Å². The molecule has 8 nitrogen and oxygen atoms in total. The lowest BCUT2D eigenvalue weighted by Crippen LogP contribution is -2.34. The van der Waals surface area contributed by atoms with E-state index in [9.17, 15) is 0 Å². The van der Waals surface area contributed by atoms with Crippen LogP contribution in [0, 0.1) is 0 Å². The molecule has 1 atom stereocenters. The fourth-order valence-electron chi connectivity index (χ4n) is 4.64. The number of hydrogen-bond donors (Lipinski definition) is 2. The van der Waals surface area contributed by atoms with E-state index in [4.69, 9.17) is 19.2 Å². The van der Waals surface area contributed by atoms with E-state index in [-0.39, 0.29) is 0 Å². The molecular formula is C24H31N5O3. The van der Waals surface area contributed by atoms with Crippen molar-refractivity contribution in [3.63, 3.8) is 0 Å². The molecule has 170 valence electrons. The zero-order valence-corrected chi connectivity index (χ0v) is 19.0. The Bertz CT molecular complexity index is 1100. The van der Waals surface area contributed by atoms with Crippen LogP contribution in [0.3, 0.4) is 0 Å². The number of aromatic nitrogens is 3. The van der Waals surface area contributed by atoms with Gasteiger partial charge in [0.25, 0.3) is 0 Å². The van der Waals surface area contributed by atoms with Crippen molar-refractivity contribution >= 4 is 16.9 Å². The molecule has 0 bridgehead atoms. The monoisotopic (exact) mass is 437 g/mol. The Labute approximate surface area is 188 Å². The largest absolute Gasteiger partial charge is 0.496 e. The van der Waals surface area contributed by atoms with Gasteiger partial charge in [0.15, 0.2) is 23.0 Å². The first kappa shape index (κ1) is 20.9. The van der Waals surface area contributed by atoms with Crippen LogP contribution in [-0.4, -0.2) is 59.5 Å². The number of likely N-dealkylation sites (tertiary alicyclic amines) is 1. The maximum Gasteiger partial charge on any atom is 0.165 e. The molecule has 32 heavy (non-hydrogen) atoms. The summed E-state index contributed by atoms with van der Waals surface area (Å²) in [6.07, 6.45) is 2.28. The van der Waals surface area contributed by atoms with E-state index in [2.05, 4.69) is 52.5 Å². The molecule has 0 radical (unpaired) electrons. The minimum absolute atomic E-state index is 0.325. The van der Waals surface area contributed by atoms with Gasteiger partial charge in [0.05, 0.1) is 12.5 Å². The number of nitrogens with one attached hydrogen (secondary N) is 2. The predicted molar refractivity (Wildman–Crippen MR) is 124 cm³/mol. The Morgan fingerprint density at radius 2 is 2.03 bits per heavy atom. The lowest BCUT2D eigenvalue weighted by molar-refractivity contribution is 0.168. The Kier molecular flexibility index (Phi) is 5.78. The molecule has 0 amide bonds. The SMILES string of the molecule is COc1cc2c(cc1CN1CCCC(c3ccc4c(NC(C)C)n[nH]c4n3)C1)OCCO2. The number of nitrogens with zero attached hydrogens (tertiary/aromatic N) is 3. The van der Waals surface area contributed by atoms with E-state index < -0.39 is 0 Å². The first-order valence-electron chi connectivity index (χ1n) is 11.4. The normalized spacial score (nSPS) is 18.8. The van der Waals surface area contributed by atoms with Gasteiger partial charge in [-0.25, -0.2) is 4.98 Å². The summed E-state index contributed by atoms with van der Waals surface area (Å²) in [5.41, 5.74) is 3.09. The van der Waals surface area contributed by atoms with Gasteiger partial charge < -0.3 is 19.5 Å². The molecule has 0 spiro atoms. The molecule has 1 unspecified atom stereocenters. The zero-order valence-electron chi connectivity index (χ0n) is 19.0. The van der Waals surface area contributed by atoms with E-state index >= 15 is 0 Å². The number of aromatic amines is 1. The maximum atomic E-state index is 5.79. The van der Waals surface area contributed by atoms with Gasteiger partial charge in [-0.05, 0) is 51.4 Å². The average molecular weight is 438 g/mol. The third-order valence-corrected chi connectivity index (χ3v) is 6.13. The van der Waals surface area contributed by atoms with Gasteiger partial charge in [0, 0.05) is 42.4 Å². The van der Waals surface area contributed by atoms with E-state index in [0.29, 0.717) is 25.2 Å². The summed E-state index contributed by atoms with van der Waals surface area (Å²) >= 11 is 0. The number of hydrogen-bond acceptors (Lipinski definition) is 7. The van der Waals surface area contributed by atoms with Crippen molar-refractivity contribution in [2.24, 2.45) is 0 Å². The van der Waals surface area contributed by atoms with Gasteiger partial charge >= 0.3 is 0 Å². The quantitative estimate of drug-likeness (QED) is 0.604. The minimum Gasteiger partial charge on any atom is -0.496 e. The van der Waals surface area contributed by atoms with Gasteiger partial charge in [-0.15, -0.1) is 0 Å². The first-order valence-corrected chi connectivity index (χ1v) is 11.4. The van der Waals surface area contributed by atoms with Gasteiger partial charge in [0.1, 0.15) is 19.0 Å². The van der Waals surface area contributed by atoms with Crippen LogP contribution in [-0.2, 0) is 6.54 Å². The van der Waals surface area contributed by atoms with Crippen molar-refractivity contribution in [3.8, 4) is 17.2 Å². The highest BCUT2D eigenvalue weighted by atomic mass is 16.6. The summed E-state index contributed by atoms with van der Waals surface area (Å²) in [5, 5.41) is 11.9. The van der Waals surface area contributed by atoms with Gasteiger partial charge in [0.2, 0.25) is 0 Å². The third-order valence-electron chi connectivity index (χ3n) is 6.13. The highest BCUT2D eigenvalue weighted by Crippen LogP contribution is 2.38. The second-order valence-corrected chi connectivity index (χ2v) is 8.89. The molecule has 0 saturated carbocycles. The molecule has 2 aliphatic heterocycles. The number of piperidine rings is 1. The Morgan fingerprint density at radius 1 is 1.22 bits per heavy atom. The fourth-order valence-corrected chi connectivity index (χ4v) is 4.64. The first-order chi connectivity index (χ1) is 15.6. The molecule has 2 aromatic heterocycles. The summed E-state index contributed by atoms with van der Waals surface area (Å²) in [7, 11) is 1.71. The molecule has 0 aliphatic carbocycles. The molecule has 2 aliphatic rings. The van der Waals surface area contributed by atoms with Gasteiger partial charge in [-0.2, -0.15) is 5.10 Å². The van der Waals surface area contributed by atoms with Crippen molar-refractivity contribution in [3.05, 3.63) is 35.5 Å². The number of fused-ring (bicyclic) bond motifs is 2. The van der Waals surface area contributed by atoms with Crippen LogP contribution in [0.4, 0.5) is 5.82 Å². The number of benzene rings is 1. The Balaban J connectivity index is 1.33. The van der Waals surface area contributed by atoms with E-state index in [1.807, 2.05) is 6.07 Å². The van der Waals surface area contributed by atoms with Gasteiger partial charge in [-0.3, -0.25) is 10.00 Å². The zero-order chi connectivity index (χ0) is 22.1. The molecular weight excluding hydrogens is 406 g/mol. The number of anilines is 1. The number of ether oxygens (including phenoxy) is 3. The van der Waals surface area contributed by atoms with Crippen molar-refractivity contribution in [2.75, 3.05) is 38.7 Å². The molecule has 3 aromatic rings. The van der Waals surface area contributed by atoms with Gasteiger partial charge in [-0.1, -0.05) is 0 Å². The summed E-state index contributed by atoms with van der Waals surface area (Å²) in [5.74, 6) is 3.67. The molecule has 4 heterocycles. The molecule has 1 saturated heterocycles. The summed E-state index contributed by atoms with van der Waals surface area (Å²) in [6.45, 7) is 8.20. The minimum atomic E-state index is 0.325. The summed E-state index contributed by atoms with van der Waals surface area (Å²) < 4.78 is 17.1. The highest BCUT2D eigenvalue weighted by Gasteiger charge is 2.25. The van der Waals surface area contributed by atoms with Crippen LogP contribution >= 0.6 is 0 Å². The number of rotatable bonds is 6. The van der Waals surface area contributed by atoms with Crippen LogP contribution < -0.4 is 19.5 Å². The second kappa shape index (κ2) is 8.86. The van der Waals surface area contributed by atoms with Crippen LogP contribution in [0.5, 0.6) is 17.2 Å². The van der Waals surface area contributed by atoms with Crippen molar-refractivity contribution in [1.82, 2.24) is 20.1 Å². The van der Waals surface area contributed by atoms with Crippen LogP contribution in [0.2, 0.25) is 0 Å². The molecule has 1 fully saturated rings. The Morgan fingerprint density at radius 3 is 2.81 bits per heavy atom. The fraction of sp³-hybridized carbons (Fsp3) is 0.500. The predicted octanol–water partition coefficient (Wildman–Crippen LogP) is 3.94. The van der Waals surface area contributed by atoms with E-state index in [1.165, 1.54) is 0 Å². The lowest BCUT2D eigenvalue weighted by atomic mass is 9.93. The summed E-state index contributed by atoms with van der Waals surface area (Å²) in [4.78, 5) is 7.39. The second-order valence-electron chi connectivity index (χ2n) is 8.89. The smallest absolute Gasteiger partial charge is 0.165 e. The third kappa shape index (κ3) is 4.19. The average Bonchev–Trinajstić information content (AvgIpc) is 3.20. The van der Waals surface area contributed by atoms with Crippen LogP contribution in [0.25, 0.3) is 11.0 Å². The standard InChI is InChI=1S/C24H31N5O3/c1-15(2)25-23-18-6-7-19(26-24(18)28-27-23)16-5-4-8-29(13-16)14-17-11-21-22(12-20(17)30-3)32-10-9-31-21/h6-7,11-12,15-16H,4-5,8-10,13-14H2,1-3H3,(H2,25,26,27,28). The highest BCUT2D eigenvalue weighted by molar-refractivity contribution is 5.87. The lowest BCUT2D eigenvalue weighted by Gasteiger charge is -2.33. The van der Waals surface area contributed by atoms with E-state index in [0.717, 1.165) is 77.8 Å². The van der Waals surface area contributed by atoms with Crippen LogP contribution in [0.1, 0.15) is 43.9 Å². The van der Waals surface area contributed by atoms with E-state index in [1.54, 1.807) is 7.11 Å². The molecule has 2 N–H and O–H groups in total. The Hall–Kier alpha value is -3.00. The van der Waals surface area contributed by atoms with Crippen molar-refractivity contribution in [2.45, 2.75) is 45.2 Å². The number of H-pyrrole nitrogens is 1. The molecule has 8 heteroatoms. The number of methoxy groups -OCH3 is 1. The molecule has 1 aromatic carbocycles. The summed E-state index contributed by atoms with van der Waals surface area (Å²) in [6, 6.07) is 8.62.